The van der Waals surface area contributed by atoms with Gasteiger partial charge < -0.3 is 19.7 Å². The van der Waals surface area contributed by atoms with Crippen molar-refractivity contribution in [2.75, 3.05) is 13.7 Å². The number of hydrogen-bond donors (Lipinski definition) is 1. The summed E-state index contributed by atoms with van der Waals surface area (Å²) in [6.45, 7) is 6.39. The number of allylic oxidation sites excluding steroid dienone is 1. The van der Waals surface area contributed by atoms with Gasteiger partial charge >= 0.3 is 0 Å². The van der Waals surface area contributed by atoms with Gasteiger partial charge in [-0.3, -0.25) is 4.79 Å². The Morgan fingerprint density at radius 2 is 1.86 bits per heavy atom. The fraction of sp³-hybridized carbons (Fsp3) is 0.304. The molecule has 0 fully saturated rings. The summed E-state index contributed by atoms with van der Waals surface area (Å²) >= 11 is 5.44. The minimum atomic E-state index is -0.321. The summed E-state index contributed by atoms with van der Waals surface area (Å²) < 4.78 is 11.8. The zero-order valence-corrected chi connectivity index (χ0v) is 18.0. The van der Waals surface area contributed by atoms with Gasteiger partial charge in [-0.05, 0) is 56.2 Å². The Balaban J connectivity index is 1.92. The summed E-state index contributed by atoms with van der Waals surface area (Å²) in [5.74, 6) is 1.32. The van der Waals surface area contributed by atoms with Crippen molar-refractivity contribution in [2.45, 2.75) is 33.4 Å². The van der Waals surface area contributed by atoms with Crippen LogP contribution in [0.15, 0.2) is 59.8 Å². The molecule has 1 N–H and O–H groups in total. The summed E-state index contributed by atoms with van der Waals surface area (Å²) in [4.78, 5) is 14.2. The number of hydrogen-bond acceptors (Lipinski definition) is 4. The van der Waals surface area contributed by atoms with Crippen molar-refractivity contribution in [1.29, 1.82) is 0 Å². The van der Waals surface area contributed by atoms with Crippen LogP contribution in [0.25, 0.3) is 0 Å². The predicted octanol–water partition coefficient (Wildman–Crippen LogP) is 4.39. The van der Waals surface area contributed by atoms with Crippen molar-refractivity contribution < 1.29 is 14.3 Å². The number of nitrogens with one attached hydrogen (secondary N) is 1. The van der Waals surface area contributed by atoms with E-state index in [4.69, 9.17) is 21.7 Å². The Bertz CT molecular complexity index is 940. The average Bonchev–Trinajstić information content (AvgIpc) is 2.71. The largest absolute Gasteiger partial charge is 0.490 e. The van der Waals surface area contributed by atoms with Crippen LogP contribution in [0.3, 0.4) is 0 Å². The molecule has 0 radical (unpaired) electrons. The van der Waals surface area contributed by atoms with Gasteiger partial charge in [-0.15, -0.1) is 0 Å². The van der Waals surface area contributed by atoms with Gasteiger partial charge in [0.25, 0.3) is 0 Å². The highest BCUT2D eigenvalue weighted by molar-refractivity contribution is 7.80. The van der Waals surface area contributed by atoms with Gasteiger partial charge in [0.15, 0.2) is 22.4 Å². The SMILES string of the molecule is CCOc1cc([C@@H]2NC(=S)N(C)C(C)=C2C(C)=O)ccc1OCc1ccccc1. The molecule has 29 heavy (non-hydrogen) atoms. The van der Waals surface area contributed by atoms with Crippen molar-refractivity contribution in [3.05, 3.63) is 70.9 Å². The van der Waals surface area contributed by atoms with Crippen molar-refractivity contribution in [3.8, 4) is 11.5 Å². The fourth-order valence-electron chi connectivity index (χ4n) is 3.37. The van der Waals surface area contributed by atoms with Gasteiger partial charge in [0, 0.05) is 18.3 Å². The summed E-state index contributed by atoms with van der Waals surface area (Å²) in [7, 11) is 1.86. The molecule has 152 valence electrons. The second kappa shape index (κ2) is 9.09. The number of Topliss-reactive ketones (excluding diaryl/α,β-unsaturated/α-hetero) is 1. The first-order valence-corrected chi connectivity index (χ1v) is 10.0. The number of benzene rings is 2. The maximum absolute atomic E-state index is 12.4. The number of ketones is 1. The van der Waals surface area contributed by atoms with E-state index < -0.39 is 0 Å². The molecule has 2 aromatic carbocycles. The highest BCUT2D eigenvalue weighted by Crippen LogP contribution is 2.36. The zero-order chi connectivity index (χ0) is 21.0. The van der Waals surface area contributed by atoms with Crippen LogP contribution >= 0.6 is 12.2 Å². The summed E-state index contributed by atoms with van der Waals surface area (Å²) in [5, 5.41) is 3.86. The van der Waals surface area contributed by atoms with Crippen molar-refractivity contribution in [2.24, 2.45) is 0 Å². The Morgan fingerprint density at radius 1 is 1.14 bits per heavy atom. The molecule has 5 nitrogen and oxygen atoms in total. The molecule has 0 unspecified atom stereocenters. The lowest BCUT2D eigenvalue weighted by atomic mass is 9.92. The van der Waals surface area contributed by atoms with Gasteiger partial charge in [-0.25, -0.2) is 0 Å². The summed E-state index contributed by atoms with van der Waals surface area (Å²) in [6.07, 6.45) is 0. The third-order valence-corrected chi connectivity index (χ3v) is 5.36. The lowest BCUT2D eigenvalue weighted by molar-refractivity contribution is -0.114. The number of nitrogens with zero attached hydrogens (tertiary/aromatic N) is 1. The van der Waals surface area contributed by atoms with E-state index in [1.54, 1.807) is 6.92 Å². The molecule has 0 saturated heterocycles. The van der Waals surface area contributed by atoms with Crippen LogP contribution in [0.4, 0.5) is 0 Å². The smallest absolute Gasteiger partial charge is 0.173 e. The van der Waals surface area contributed by atoms with E-state index in [1.165, 1.54) is 0 Å². The number of carbonyl (C=O) groups is 1. The van der Waals surface area contributed by atoms with Crippen LogP contribution in [-0.2, 0) is 11.4 Å². The van der Waals surface area contributed by atoms with Crippen LogP contribution in [0, 0.1) is 0 Å². The van der Waals surface area contributed by atoms with E-state index in [-0.39, 0.29) is 11.8 Å². The van der Waals surface area contributed by atoms with Crippen LogP contribution < -0.4 is 14.8 Å². The number of rotatable bonds is 7. The molecule has 6 heteroatoms. The van der Waals surface area contributed by atoms with E-state index in [0.717, 1.165) is 16.8 Å². The molecule has 0 amide bonds. The summed E-state index contributed by atoms with van der Waals surface area (Å²) in [5.41, 5.74) is 3.54. The Kier molecular flexibility index (Phi) is 6.54. The number of thiocarbonyl (C=S) groups is 1. The van der Waals surface area contributed by atoms with Crippen LogP contribution in [-0.4, -0.2) is 29.5 Å². The normalized spacial score (nSPS) is 16.5. The van der Waals surface area contributed by atoms with Gasteiger partial charge in [0.2, 0.25) is 0 Å². The molecule has 1 heterocycles. The monoisotopic (exact) mass is 410 g/mol. The molecule has 1 aliphatic rings. The fourth-order valence-corrected chi connectivity index (χ4v) is 3.62. The third-order valence-electron chi connectivity index (χ3n) is 4.97. The first-order valence-electron chi connectivity index (χ1n) is 9.61. The lowest BCUT2D eigenvalue weighted by Gasteiger charge is -2.35. The molecule has 2 aromatic rings. The number of ether oxygens (including phenoxy) is 2. The third kappa shape index (κ3) is 4.59. The van der Waals surface area contributed by atoms with Crippen molar-refractivity contribution >= 4 is 23.1 Å². The predicted molar refractivity (Wildman–Crippen MR) is 118 cm³/mol. The highest BCUT2D eigenvalue weighted by Gasteiger charge is 2.31. The van der Waals surface area contributed by atoms with Crippen LogP contribution in [0.1, 0.15) is 37.9 Å². The molecular weight excluding hydrogens is 384 g/mol. The van der Waals surface area contributed by atoms with Crippen LogP contribution in [0.5, 0.6) is 11.5 Å². The van der Waals surface area contributed by atoms with Crippen LogP contribution in [0.2, 0.25) is 0 Å². The maximum Gasteiger partial charge on any atom is 0.173 e. The first-order chi connectivity index (χ1) is 13.9. The quantitative estimate of drug-likeness (QED) is 0.684. The lowest BCUT2D eigenvalue weighted by Crippen LogP contribution is -2.45. The topological polar surface area (TPSA) is 50.8 Å². The maximum atomic E-state index is 12.4. The molecule has 1 aliphatic heterocycles. The molecular formula is C23H26N2O3S. The van der Waals surface area contributed by atoms with Gasteiger partial charge in [-0.2, -0.15) is 0 Å². The molecule has 3 rings (SSSR count). The Labute approximate surface area is 177 Å². The minimum absolute atomic E-state index is 0.0108. The molecule has 0 saturated carbocycles. The molecule has 1 atom stereocenters. The highest BCUT2D eigenvalue weighted by atomic mass is 32.1. The molecule has 0 bridgehead atoms. The number of carbonyl (C=O) groups excluding carboxylic acids is 1. The van der Waals surface area contributed by atoms with Gasteiger partial charge in [0.1, 0.15) is 6.61 Å². The van der Waals surface area contributed by atoms with E-state index >= 15 is 0 Å². The van der Waals surface area contributed by atoms with Gasteiger partial charge in [-0.1, -0.05) is 36.4 Å². The van der Waals surface area contributed by atoms with E-state index in [9.17, 15) is 4.79 Å². The van der Waals surface area contributed by atoms with Gasteiger partial charge in [0.05, 0.1) is 12.6 Å². The minimum Gasteiger partial charge on any atom is -0.490 e. The average molecular weight is 411 g/mol. The van der Waals surface area contributed by atoms with E-state index in [0.29, 0.717) is 35.4 Å². The Morgan fingerprint density at radius 3 is 2.52 bits per heavy atom. The van der Waals surface area contributed by atoms with Crippen molar-refractivity contribution in [1.82, 2.24) is 10.2 Å². The molecule has 0 aliphatic carbocycles. The standard InChI is InChI=1S/C23H26N2O3S/c1-5-27-20-13-18(11-12-19(20)28-14-17-9-7-6-8-10-17)22-21(16(3)26)15(2)25(4)23(29)24-22/h6-13,22H,5,14H2,1-4H3,(H,24,29)/t22-/m0/s1. The Hall–Kier alpha value is -2.86. The van der Waals surface area contributed by atoms with E-state index in [1.807, 2.05) is 74.3 Å². The second-order valence-electron chi connectivity index (χ2n) is 6.91. The first kappa shape index (κ1) is 20.9. The second-order valence-corrected chi connectivity index (χ2v) is 7.30. The molecule has 0 spiro atoms. The van der Waals surface area contributed by atoms with E-state index in [2.05, 4.69) is 5.32 Å². The summed E-state index contributed by atoms with van der Waals surface area (Å²) in [6, 6.07) is 15.4. The van der Waals surface area contributed by atoms with Crippen molar-refractivity contribution in [3.63, 3.8) is 0 Å². The zero-order valence-electron chi connectivity index (χ0n) is 17.2. The molecule has 0 aromatic heterocycles.